The number of carbonyl (C=O) groups excluding carboxylic acids is 2. The summed E-state index contributed by atoms with van der Waals surface area (Å²) in [6.07, 6.45) is 5.00. The van der Waals surface area contributed by atoms with Crippen LogP contribution in [0.1, 0.15) is 38.5 Å². The fraction of sp³-hybridized carbons (Fsp3) is 0.219. The fourth-order valence-electron chi connectivity index (χ4n) is 4.36. The van der Waals surface area contributed by atoms with Crippen LogP contribution in [0.3, 0.4) is 0 Å². The topological polar surface area (TPSA) is 118 Å². The van der Waals surface area contributed by atoms with Crippen molar-refractivity contribution in [2.24, 2.45) is 0 Å². The number of ether oxygens (including phenoxy) is 1. The van der Waals surface area contributed by atoms with Crippen molar-refractivity contribution in [3.63, 3.8) is 0 Å². The van der Waals surface area contributed by atoms with Crippen molar-refractivity contribution < 1.29 is 23.1 Å². The molecule has 4 rings (SSSR count). The monoisotopic (exact) mass is 573 g/mol. The Bertz CT molecular complexity index is 1530. The van der Waals surface area contributed by atoms with Gasteiger partial charge in [-0.2, -0.15) is 0 Å². The Balaban J connectivity index is 1.20. The molecule has 0 radical (unpaired) electrons. The SMILES string of the molecule is COc1cc(F)ccc1-c1cc(Nc2ccc(NC(=O)CCCCCCC(=O)Nc3ccccc3N)cc2)ncc1F. The molecule has 1 heterocycles. The molecule has 1 aromatic heterocycles. The molecule has 0 fully saturated rings. The van der Waals surface area contributed by atoms with E-state index in [9.17, 15) is 18.4 Å². The second-order valence-electron chi connectivity index (χ2n) is 9.69. The van der Waals surface area contributed by atoms with E-state index in [0.717, 1.165) is 31.9 Å². The lowest BCUT2D eigenvalue weighted by Crippen LogP contribution is -2.12. The lowest BCUT2D eigenvalue weighted by Gasteiger charge is -2.12. The number of unbranched alkanes of at least 4 members (excludes halogenated alkanes) is 3. The van der Waals surface area contributed by atoms with Gasteiger partial charge in [0.25, 0.3) is 0 Å². The number of nitrogens with zero attached hydrogens (tertiary/aromatic N) is 1. The molecule has 0 unspecified atom stereocenters. The number of benzene rings is 3. The van der Waals surface area contributed by atoms with Crippen molar-refractivity contribution in [2.45, 2.75) is 38.5 Å². The Hall–Kier alpha value is -4.99. The molecule has 5 N–H and O–H groups in total. The van der Waals surface area contributed by atoms with E-state index in [1.807, 2.05) is 12.1 Å². The number of amides is 2. The third kappa shape index (κ3) is 8.50. The maximum atomic E-state index is 14.6. The number of anilines is 5. The van der Waals surface area contributed by atoms with Gasteiger partial charge in [-0.05, 0) is 67.4 Å². The first-order valence-corrected chi connectivity index (χ1v) is 13.6. The quantitative estimate of drug-likeness (QED) is 0.0986. The zero-order valence-corrected chi connectivity index (χ0v) is 23.3. The van der Waals surface area contributed by atoms with E-state index in [2.05, 4.69) is 20.9 Å². The summed E-state index contributed by atoms with van der Waals surface area (Å²) in [6, 6.07) is 19.6. The van der Waals surface area contributed by atoms with Gasteiger partial charge >= 0.3 is 0 Å². The summed E-state index contributed by atoms with van der Waals surface area (Å²) in [6.45, 7) is 0. The van der Waals surface area contributed by atoms with Crippen LogP contribution in [0.5, 0.6) is 5.75 Å². The first kappa shape index (κ1) is 30.0. The van der Waals surface area contributed by atoms with Crippen molar-refractivity contribution in [3.05, 3.63) is 90.6 Å². The van der Waals surface area contributed by atoms with Gasteiger partial charge in [-0.3, -0.25) is 9.59 Å². The number of halogens is 2. The molecule has 10 heteroatoms. The van der Waals surface area contributed by atoms with Gasteiger partial charge in [0.1, 0.15) is 23.2 Å². The van der Waals surface area contributed by atoms with E-state index in [4.69, 9.17) is 10.5 Å². The number of methoxy groups -OCH3 is 1. The number of nitrogen functional groups attached to an aromatic ring is 1. The molecule has 0 spiro atoms. The number of pyridine rings is 1. The molecular formula is C32H33F2N5O3. The third-order valence-electron chi connectivity index (χ3n) is 6.54. The minimum absolute atomic E-state index is 0.0765. The van der Waals surface area contributed by atoms with E-state index >= 15 is 0 Å². The molecule has 218 valence electrons. The predicted molar refractivity (Wildman–Crippen MR) is 162 cm³/mol. The van der Waals surface area contributed by atoms with E-state index in [0.29, 0.717) is 47.0 Å². The van der Waals surface area contributed by atoms with Crippen LogP contribution in [0.15, 0.2) is 79.0 Å². The zero-order valence-electron chi connectivity index (χ0n) is 23.3. The van der Waals surface area contributed by atoms with E-state index in [-0.39, 0.29) is 23.1 Å². The summed E-state index contributed by atoms with van der Waals surface area (Å²) >= 11 is 0. The first-order valence-electron chi connectivity index (χ1n) is 13.6. The number of rotatable bonds is 13. The first-order chi connectivity index (χ1) is 20.3. The van der Waals surface area contributed by atoms with Gasteiger partial charge in [0.2, 0.25) is 11.8 Å². The number of carbonyl (C=O) groups is 2. The Morgan fingerprint density at radius 2 is 1.48 bits per heavy atom. The van der Waals surface area contributed by atoms with Crippen molar-refractivity contribution >= 4 is 40.4 Å². The molecule has 2 amide bonds. The largest absolute Gasteiger partial charge is 0.496 e. The number of hydrogen-bond donors (Lipinski definition) is 4. The van der Waals surface area contributed by atoms with Gasteiger partial charge < -0.3 is 26.4 Å². The molecule has 4 aromatic rings. The number of nitrogens with two attached hydrogens (primary N) is 1. The van der Waals surface area contributed by atoms with Crippen LogP contribution in [0.25, 0.3) is 11.1 Å². The third-order valence-corrected chi connectivity index (χ3v) is 6.54. The van der Waals surface area contributed by atoms with Gasteiger partial charge in [0, 0.05) is 41.4 Å². The standard InChI is InChI=1S/C32H33F2N5O3/c1-42-29-18-21(33)12-17-24(29)25-19-30(36-20-26(25)34)37-22-13-15-23(16-14-22)38-31(40)10-4-2-3-5-11-32(41)39-28-9-7-6-8-27(28)35/h6-9,12-20H,2-5,10-11,35H2,1H3,(H,36,37)(H,38,40)(H,39,41). The van der Waals surface area contributed by atoms with E-state index in [1.165, 1.54) is 31.4 Å². The van der Waals surface area contributed by atoms with Crippen molar-refractivity contribution in [3.8, 4) is 16.9 Å². The summed E-state index contributed by atoms with van der Waals surface area (Å²) in [4.78, 5) is 28.5. The van der Waals surface area contributed by atoms with E-state index in [1.54, 1.807) is 36.4 Å². The molecule has 8 nitrogen and oxygen atoms in total. The van der Waals surface area contributed by atoms with Crippen molar-refractivity contribution in [2.75, 3.05) is 28.8 Å². The van der Waals surface area contributed by atoms with Gasteiger partial charge in [-0.15, -0.1) is 0 Å². The van der Waals surface area contributed by atoms with Crippen LogP contribution >= 0.6 is 0 Å². The number of hydrogen-bond acceptors (Lipinski definition) is 6. The lowest BCUT2D eigenvalue weighted by molar-refractivity contribution is -0.117. The minimum atomic E-state index is -0.567. The molecule has 42 heavy (non-hydrogen) atoms. The lowest BCUT2D eigenvalue weighted by atomic mass is 10.0. The molecule has 0 aliphatic heterocycles. The second kappa shape index (κ2) is 14.6. The van der Waals surface area contributed by atoms with Crippen LogP contribution < -0.4 is 26.4 Å². The van der Waals surface area contributed by atoms with Gasteiger partial charge in [0.05, 0.1) is 24.7 Å². The highest BCUT2D eigenvalue weighted by Gasteiger charge is 2.14. The molecule has 0 atom stereocenters. The Morgan fingerprint density at radius 1 is 0.810 bits per heavy atom. The van der Waals surface area contributed by atoms with Gasteiger partial charge in [0.15, 0.2) is 0 Å². The Kier molecular flexibility index (Phi) is 10.4. The highest BCUT2D eigenvalue weighted by Crippen LogP contribution is 2.34. The summed E-state index contributed by atoms with van der Waals surface area (Å²) in [5.41, 5.74) is 8.94. The highest BCUT2D eigenvalue weighted by molar-refractivity contribution is 5.93. The molecule has 0 aliphatic carbocycles. The molecule has 0 saturated carbocycles. The number of nitrogens with one attached hydrogen (secondary N) is 3. The van der Waals surface area contributed by atoms with Crippen molar-refractivity contribution in [1.82, 2.24) is 4.98 Å². The maximum Gasteiger partial charge on any atom is 0.224 e. The Morgan fingerprint density at radius 3 is 2.17 bits per heavy atom. The highest BCUT2D eigenvalue weighted by atomic mass is 19.1. The fourth-order valence-corrected chi connectivity index (χ4v) is 4.36. The second-order valence-corrected chi connectivity index (χ2v) is 9.69. The summed E-state index contributed by atoms with van der Waals surface area (Å²) in [5, 5.41) is 8.80. The summed E-state index contributed by atoms with van der Waals surface area (Å²) in [7, 11) is 1.39. The number of para-hydroxylation sites is 2. The molecule has 3 aromatic carbocycles. The predicted octanol–water partition coefficient (Wildman–Crippen LogP) is 7.28. The van der Waals surface area contributed by atoms with Gasteiger partial charge in [-0.25, -0.2) is 13.8 Å². The van der Waals surface area contributed by atoms with Crippen LogP contribution in [-0.4, -0.2) is 23.9 Å². The van der Waals surface area contributed by atoms with Crippen LogP contribution in [0.4, 0.5) is 37.3 Å². The summed E-state index contributed by atoms with van der Waals surface area (Å²) in [5.74, 6) is -0.622. The summed E-state index contributed by atoms with van der Waals surface area (Å²) < 4.78 is 33.3. The van der Waals surface area contributed by atoms with Gasteiger partial charge in [-0.1, -0.05) is 25.0 Å². The number of aromatic nitrogens is 1. The van der Waals surface area contributed by atoms with E-state index < -0.39 is 11.6 Å². The minimum Gasteiger partial charge on any atom is -0.496 e. The molecular weight excluding hydrogens is 540 g/mol. The maximum absolute atomic E-state index is 14.6. The van der Waals surface area contributed by atoms with Crippen molar-refractivity contribution in [1.29, 1.82) is 0 Å². The van der Waals surface area contributed by atoms with Crippen LogP contribution in [-0.2, 0) is 9.59 Å². The normalized spacial score (nSPS) is 10.6. The molecule has 0 saturated heterocycles. The molecule has 0 aliphatic rings. The Labute approximate surface area is 243 Å². The average Bonchev–Trinajstić information content (AvgIpc) is 2.98. The zero-order chi connectivity index (χ0) is 29.9. The average molecular weight is 574 g/mol. The van der Waals surface area contributed by atoms with Crippen LogP contribution in [0, 0.1) is 11.6 Å². The smallest absolute Gasteiger partial charge is 0.224 e. The molecule has 0 bridgehead atoms. The van der Waals surface area contributed by atoms with Crippen LogP contribution in [0.2, 0.25) is 0 Å².